The largest absolute Gasteiger partial charge is 0.384 e. The highest BCUT2D eigenvalue weighted by atomic mass is 15.5. The average Bonchev–Trinajstić information content (AvgIpc) is 2.60. The van der Waals surface area contributed by atoms with E-state index in [-0.39, 0.29) is 5.54 Å². The smallest absolute Gasteiger partial charge is 0.128 e. The van der Waals surface area contributed by atoms with E-state index in [9.17, 15) is 0 Å². The standard InChI is InChI=1S/C21H39N5/c1-16(17(2)23-13-14-25(6)7)20-24-19(18-11-9-8-10-12-18)15-21(3,4)26(20)22-5/h18-19,23-24H,2,5,8-15H2,1,3-4,6-7H3/b20-16+. The van der Waals surface area contributed by atoms with Gasteiger partial charge in [0, 0.05) is 37.1 Å². The van der Waals surface area contributed by atoms with E-state index in [0.717, 1.165) is 42.5 Å². The number of nitrogens with zero attached hydrogens (tertiary/aromatic N) is 3. The molecule has 1 heterocycles. The Balaban J connectivity index is 2.20. The Morgan fingerprint density at radius 1 is 1.31 bits per heavy atom. The van der Waals surface area contributed by atoms with E-state index in [4.69, 9.17) is 0 Å². The van der Waals surface area contributed by atoms with E-state index in [2.05, 4.69) is 73.8 Å². The Morgan fingerprint density at radius 2 is 1.96 bits per heavy atom. The molecule has 5 nitrogen and oxygen atoms in total. The zero-order chi connectivity index (χ0) is 19.3. The van der Waals surface area contributed by atoms with Crippen LogP contribution in [0.25, 0.3) is 0 Å². The fourth-order valence-corrected chi connectivity index (χ4v) is 4.27. The lowest BCUT2D eigenvalue weighted by Gasteiger charge is -2.49. The number of rotatable bonds is 7. The third-order valence-electron chi connectivity index (χ3n) is 5.89. The van der Waals surface area contributed by atoms with Crippen LogP contribution in [0.4, 0.5) is 0 Å². The Kier molecular flexibility index (Phi) is 7.16. The second-order valence-corrected chi connectivity index (χ2v) is 8.80. The van der Waals surface area contributed by atoms with Crippen molar-refractivity contribution in [3.8, 4) is 0 Å². The first-order valence-electron chi connectivity index (χ1n) is 10.1. The minimum atomic E-state index is -0.0460. The van der Waals surface area contributed by atoms with Crippen LogP contribution in [0.1, 0.15) is 59.3 Å². The first-order valence-corrected chi connectivity index (χ1v) is 10.1. The van der Waals surface area contributed by atoms with Crippen LogP contribution < -0.4 is 10.6 Å². The molecule has 2 N–H and O–H groups in total. The molecule has 1 aliphatic carbocycles. The second kappa shape index (κ2) is 8.94. The first kappa shape index (κ1) is 20.8. The molecule has 1 aliphatic heterocycles. The number of likely N-dealkylation sites (N-methyl/N-ethyl adjacent to an activating group) is 1. The van der Waals surface area contributed by atoms with Crippen molar-refractivity contribution < 1.29 is 0 Å². The van der Waals surface area contributed by atoms with Gasteiger partial charge in [-0.1, -0.05) is 25.8 Å². The molecule has 0 radical (unpaired) electrons. The Labute approximate surface area is 160 Å². The molecule has 1 unspecified atom stereocenters. The molecular weight excluding hydrogens is 322 g/mol. The number of nitrogens with one attached hydrogen (secondary N) is 2. The molecule has 2 fully saturated rings. The zero-order valence-corrected chi connectivity index (χ0v) is 17.6. The Bertz CT molecular complexity index is 529. The SMILES string of the molecule is C=NN1/C(=C(\C)C(=C)NCCN(C)C)NC(C2CCCCC2)CC1(C)C. The molecular formula is C21H39N5. The topological polar surface area (TPSA) is 42.9 Å². The molecule has 0 aromatic heterocycles. The molecule has 2 rings (SSSR count). The maximum Gasteiger partial charge on any atom is 0.128 e. The van der Waals surface area contributed by atoms with Crippen molar-refractivity contribution in [1.82, 2.24) is 20.5 Å². The zero-order valence-electron chi connectivity index (χ0n) is 17.6. The van der Waals surface area contributed by atoms with Crippen LogP contribution in [-0.4, -0.2) is 55.4 Å². The van der Waals surface area contributed by atoms with Gasteiger partial charge in [0.1, 0.15) is 5.82 Å². The van der Waals surface area contributed by atoms with E-state index in [1.165, 1.54) is 32.1 Å². The predicted octanol–water partition coefficient (Wildman–Crippen LogP) is 3.52. The van der Waals surface area contributed by atoms with Crippen molar-refractivity contribution in [3.05, 3.63) is 23.7 Å². The maximum absolute atomic E-state index is 4.36. The van der Waals surface area contributed by atoms with Gasteiger partial charge >= 0.3 is 0 Å². The summed E-state index contributed by atoms with van der Waals surface area (Å²) in [4.78, 5) is 2.17. The Morgan fingerprint density at radius 3 is 2.54 bits per heavy atom. The van der Waals surface area contributed by atoms with Gasteiger partial charge in [-0.2, -0.15) is 5.10 Å². The van der Waals surface area contributed by atoms with Crippen molar-refractivity contribution in [2.75, 3.05) is 27.2 Å². The third-order valence-corrected chi connectivity index (χ3v) is 5.89. The number of hydrogen-bond donors (Lipinski definition) is 2. The molecule has 148 valence electrons. The summed E-state index contributed by atoms with van der Waals surface area (Å²) in [6.07, 6.45) is 7.88. The van der Waals surface area contributed by atoms with Gasteiger partial charge in [0.2, 0.25) is 0 Å². The van der Waals surface area contributed by atoms with Crippen LogP contribution in [0.2, 0.25) is 0 Å². The number of hydrazone groups is 1. The maximum atomic E-state index is 4.36. The minimum Gasteiger partial charge on any atom is -0.384 e. The van der Waals surface area contributed by atoms with Gasteiger partial charge in [0.15, 0.2) is 0 Å². The highest BCUT2D eigenvalue weighted by Crippen LogP contribution is 2.38. The lowest BCUT2D eigenvalue weighted by atomic mass is 9.77. The molecule has 1 saturated heterocycles. The van der Waals surface area contributed by atoms with Gasteiger partial charge < -0.3 is 15.5 Å². The van der Waals surface area contributed by atoms with Crippen molar-refractivity contribution in [2.45, 2.75) is 70.9 Å². The Hall–Kier alpha value is -1.49. The molecule has 0 aromatic rings. The van der Waals surface area contributed by atoms with Crippen molar-refractivity contribution in [2.24, 2.45) is 11.0 Å². The predicted molar refractivity (Wildman–Crippen MR) is 112 cm³/mol. The number of allylic oxidation sites excluding steroid dienone is 1. The summed E-state index contributed by atoms with van der Waals surface area (Å²) >= 11 is 0. The summed E-state index contributed by atoms with van der Waals surface area (Å²) in [6.45, 7) is 16.6. The summed E-state index contributed by atoms with van der Waals surface area (Å²) in [5.41, 5.74) is 2.04. The molecule has 1 atom stereocenters. The lowest BCUT2D eigenvalue weighted by Crippen LogP contribution is -2.57. The minimum absolute atomic E-state index is 0.0460. The fourth-order valence-electron chi connectivity index (χ4n) is 4.27. The lowest BCUT2D eigenvalue weighted by molar-refractivity contribution is 0.0705. The van der Waals surface area contributed by atoms with Gasteiger partial charge in [-0.15, -0.1) is 0 Å². The number of hydrogen-bond acceptors (Lipinski definition) is 5. The normalized spacial score (nSPS) is 25.6. The van der Waals surface area contributed by atoms with Crippen molar-refractivity contribution in [3.63, 3.8) is 0 Å². The summed E-state index contributed by atoms with van der Waals surface area (Å²) < 4.78 is 0. The molecule has 0 spiro atoms. The van der Waals surface area contributed by atoms with Gasteiger partial charge in [-0.05, 0) is 60.0 Å². The summed E-state index contributed by atoms with van der Waals surface area (Å²) in [7, 11) is 4.16. The second-order valence-electron chi connectivity index (χ2n) is 8.80. The molecule has 0 bridgehead atoms. The van der Waals surface area contributed by atoms with Gasteiger partial charge in [-0.3, -0.25) is 0 Å². The monoisotopic (exact) mass is 361 g/mol. The molecule has 0 amide bonds. The highest BCUT2D eigenvalue weighted by molar-refractivity contribution is 5.33. The van der Waals surface area contributed by atoms with E-state index in [1.54, 1.807) is 0 Å². The molecule has 5 heteroatoms. The highest BCUT2D eigenvalue weighted by Gasteiger charge is 2.41. The van der Waals surface area contributed by atoms with Crippen LogP contribution in [0.3, 0.4) is 0 Å². The van der Waals surface area contributed by atoms with E-state index < -0.39 is 0 Å². The van der Waals surface area contributed by atoms with Gasteiger partial charge in [-0.25, -0.2) is 5.01 Å². The van der Waals surface area contributed by atoms with E-state index >= 15 is 0 Å². The van der Waals surface area contributed by atoms with E-state index in [0.29, 0.717) is 6.04 Å². The van der Waals surface area contributed by atoms with Crippen LogP contribution in [0.15, 0.2) is 28.8 Å². The molecule has 26 heavy (non-hydrogen) atoms. The van der Waals surface area contributed by atoms with Crippen LogP contribution >= 0.6 is 0 Å². The summed E-state index contributed by atoms with van der Waals surface area (Å²) in [5, 5.41) is 13.7. The molecule has 2 aliphatic rings. The third kappa shape index (κ3) is 5.03. The van der Waals surface area contributed by atoms with Gasteiger partial charge in [0.05, 0.1) is 5.54 Å². The first-order chi connectivity index (χ1) is 12.3. The van der Waals surface area contributed by atoms with Gasteiger partial charge in [0.25, 0.3) is 0 Å². The van der Waals surface area contributed by atoms with Crippen molar-refractivity contribution in [1.29, 1.82) is 0 Å². The molecule has 1 saturated carbocycles. The average molecular weight is 362 g/mol. The summed E-state index contributed by atoms with van der Waals surface area (Å²) in [6, 6.07) is 0.503. The van der Waals surface area contributed by atoms with E-state index in [1.807, 2.05) is 0 Å². The van der Waals surface area contributed by atoms with Crippen molar-refractivity contribution >= 4 is 6.72 Å². The van der Waals surface area contributed by atoms with Crippen LogP contribution in [0.5, 0.6) is 0 Å². The quantitative estimate of drug-likeness (QED) is 0.681. The van der Waals surface area contributed by atoms with Crippen LogP contribution in [-0.2, 0) is 0 Å². The molecule has 0 aromatic carbocycles. The fraction of sp³-hybridized carbons (Fsp3) is 0.762. The summed E-state index contributed by atoms with van der Waals surface area (Å²) in [5.74, 6) is 1.82. The van der Waals surface area contributed by atoms with Crippen LogP contribution in [0, 0.1) is 5.92 Å².